The van der Waals surface area contributed by atoms with Crippen LogP contribution in [0.5, 0.6) is 5.75 Å². The van der Waals surface area contributed by atoms with Crippen LogP contribution in [0.25, 0.3) is 5.70 Å². The normalized spacial score (nSPS) is 16.9. The standard InChI is InChI=1S/C19H20N2O2/c1-3-19(23)21-17(15-6-4-5-7-18(15)22)12-16(20-21)14-10-8-13(2)9-11-14/h4-12,17,20,22H,3H2,1-2H3/t17-/m1/s1. The molecule has 1 aliphatic rings. The molecule has 1 atom stereocenters. The van der Waals surface area contributed by atoms with E-state index in [4.69, 9.17) is 0 Å². The summed E-state index contributed by atoms with van der Waals surface area (Å²) in [5.41, 5.74) is 6.98. The van der Waals surface area contributed by atoms with Crippen molar-refractivity contribution in [3.05, 3.63) is 71.3 Å². The number of hydrogen-bond acceptors (Lipinski definition) is 3. The van der Waals surface area contributed by atoms with Gasteiger partial charge in [-0.2, -0.15) is 0 Å². The highest BCUT2D eigenvalue weighted by Gasteiger charge is 2.31. The van der Waals surface area contributed by atoms with Gasteiger partial charge in [-0.05, 0) is 24.6 Å². The molecule has 4 heteroatoms. The number of benzene rings is 2. The number of rotatable bonds is 3. The summed E-state index contributed by atoms with van der Waals surface area (Å²) in [5, 5.41) is 11.7. The molecule has 0 radical (unpaired) electrons. The van der Waals surface area contributed by atoms with Crippen LogP contribution in [0.15, 0.2) is 54.6 Å². The lowest BCUT2D eigenvalue weighted by molar-refractivity contribution is -0.134. The molecule has 2 N–H and O–H groups in total. The molecule has 118 valence electrons. The second kappa shape index (κ2) is 6.16. The van der Waals surface area contributed by atoms with Crippen molar-refractivity contribution in [2.75, 3.05) is 0 Å². The first-order valence-electron chi connectivity index (χ1n) is 7.75. The molecule has 3 rings (SSSR count). The smallest absolute Gasteiger partial charge is 0.241 e. The molecule has 4 nitrogen and oxygen atoms in total. The van der Waals surface area contributed by atoms with Gasteiger partial charge in [0.2, 0.25) is 5.91 Å². The minimum Gasteiger partial charge on any atom is -0.508 e. The number of nitrogens with zero attached hydrogens (tertiary/aromatic N) is 1. The molecule has 0 saturated heterocycles. The highest BCUT2D eigenvalue weighted by molar-refractivity contribution is 5.81. The van der Waals surface area contributed by atoms with Gasteiger partial charge in [0.1, 0.15) is 11.8 Å². The van der Waals surface area contributed by atoms with Gasteiger partial charge in [0.15, 0.2) is 0 Å². The molecule has 1 aliphatic heterocycles. The van der Waals surface area contributed by atoms with Crippen molar-refractivity contribution < 1.29 is 9.90 Å². The summed E-state index contributed by atoms with van der Waals surface area (Å²) in [7, 11) is 0. The quantitative estimate of drug-likeness (QED) is 0.912. The molecule has 1 amide bonds. The summed E-state index contributed by atoms with van der Waals surface area (Å²) < 4.78 is 0. The van der Waals surface area contributed by atoms with Crippen molar-refractivity contribution in [1.82, 2.24) is 10.4 Å². The van der Waals surface area contributed by atoms with Crippen LogP contribution in [0.3, 0.4) is 0 Å². The van der Waals surface area contributed by atoms with Crippen LogP contribution in [0.1, 0.15) is 36.1 Å². The molecular formula is C19H20N2O2. The molecule has 0 unspecified atom stereocenters. The van der Waals surface area contributed by atoms with Crippen LogP contribution >= 0.6 is 0 Å². The van der Waals surface area contributed by atoms with Crippen molar-refractivity contribution >= 4 is 11.6 Å². The Hall–Kier alpha value is -2.75. The fraction of sp³-hybridized carbons (Fsp3) is 0.211. The molecule has 0 aliphatic carbocycles. The van der Waals surface area contributed by atoms with Crippen molar-refractivity contribution in [2.45, 2.75) is 26.3 Å². The van der Waals surface area contributed by atoms with Gasteiger partial charge in [0, 0.05) is 12.0 Å². The number of phenolic OH excluding ortho intramolecular Hbond substituents is 1. The van der Waals surface area contributed by atoms with Gasteiger partial charge in [-0.15, -0.1) is 0 Å². The zero-order valence-electron chi connectivity index (χ0n) is 13.3. The summed E-state index contributed by atoms with van der Waals surface area (Å²) in [6.07, 6.45) is 2.37. The predicted octanol–water partition coefficient (Wildman–Crippen LogP) is 3.54. The van der Waals surface area contributed by atoms with Crippen LogP contribution in [0.2, 0.25) is 0 Å². The maximum atomic E-state index is 12.3. The van der Waals surface area contributed by atoms with Gasteiger partial charge in [0.25, 0.3) is 0 Å². The number of para-hydroxylation sites is 1. The Bertz CT molecular complexity index is 750. The van der Waals surface area contributed by atoms with Gasteiger partial charge >= 0.3 is 0 Å². The zero-order chi connectivity index (χ0) is 16.4. The van der Waals surface area contributed by atoms with Crippen LogP contribution in [-0.2, 0) is 4.79 Å². The van der Waals surface area contributed by atoms with E-state index in [1.807, 2.05) is 56.3 Å². The minimum atomic E-state index is -0.319. The van der Waals surface area contributed by atoms with Crippen LogP contribution in [0, 0.1) is 6.92 Å². The van der Waals surface area contributed by atoms with E-state index in [2.05, 4.69) is 5.43 Å². The summed E-state index contributed by atoms with van der Waals surface area (Å²) in [6, 6.07) is 14.9. The van der Waals surface area contributed by atoms with E-state index in [0.29, 0.717) is 12.0 Å². The minimum absolute atomic E-state index is 0.0170. The van der Waals surface area contributed by atoms with Crippen LogP contribution < -0.4 is 5.43 Å². The van der Waals surface area contributed by atoms with Gasteiger partial charge in [-0.25, -0.2) is 5.01 Å². The second-order valence-corrected chi connectivity index (χ2v) is 5.68. The summed E-state index contributed by atoms with van der Waals surface area (Å²) in [6.45, 7) is 3.87. The van der Waals surface area contributed by atoms with E-state index in [0.717, 1.165) is 11.3 Å². The SMILES string of the molecule is CCC(=O)N1NC(c2ccc(C)cc2)=C[C@@H]1c1ccccc1O. The predicted molar refractivity (Wildman–Crippen MR) is 90.3 cm³/mol. The highest BCUT2D eigenvalue weighted by atomic mass is 16.3. The molecular weight excluding hydrogens is 288 g/mol. The first-order chi connectivity index (χ1) is 11.1. The van der Waals surface area contributed by atoms with Crippen LogP contribution in [-0.4, -0.2) is 16.0 Å². The molecule has 23 heavy (non-hydrogen) atoms. The van der Waals surface area contributed by atoms with Crippen molar-refractivity contribution in [3.8, 4) is 5.75 Å². The number of hydrazine groups is 1. The van der Waals surface area contributed by atoms with Crippen LogP contribution in [0.4, 0.5) is 0 Å². The highest BCUT2D eigenvalue weighted by Crippen LogP contribution is 2.35. The Balaban J connectivity index is 2.00. The zero-order valence-corrected chi connectivity index (χ0v) is 13.3. The molecule has 0 fully saturated rings. The maximum Gasteiger partial charge on any atom is 0.241 e. The monoisotopic (exact) mass is 308 g/mol. The third kappa shape index (κ3) is 2.93. The Kier molecular flexibility index (Phi) is 4.06. The lowest BCUT2D eigenvalue weighted by Gasteiger charge is -2.25. The number of aromatic hydroxyl groups is 1. The lowest BCUT2D eigenvalue weighted by atomic mass is 10.0. The van der Waals surface area contributed by atoms with Gasteiger partial charge < -0.3 is 5.11 Å². The fourth-order valence-electron chi connectivity index (χ4n) is 2.72. The Morgan fingerprint density at radius 2 is 1.87 bits per heavy atom. The lowest BCUT2D eigenvalue weighted by Crippen LogP contribution is -2.39. The molecule has 0 spiro atoms. The number of phenols is 1. The first-order valence-corrected chi connectivity index (χ1v) is 7.75. The number of carbonyl (C=O) groups is 1. The van der Waals surface area contributed by atoms with Crippen molar-refractivity contribution in [2.24, 2.45) is 0 Å². The van der Waals surface area contributed by atoms with E-state index in [1.165, 1.54) is 5.56 Å². The molecule has 2 aromatic rings. The molecule has 0 bridgehead atoms. The largest absolute Gasteiger partial charge is 0.508 e. The summed E-state index contributed by atoms with van der Waals surface area (Å²) in [4.78, 5) is 12.3. The maximum absolute atomic E-state index is 12.3. The second-order valence-electron chi connectivity index (χ2n) is 5.68. The number of hydrogen-bond donors (Lipinski definition) is 2. The Morgan fingerprint density at radius 3 is 2.52 bits per heavy atom. The fourth-order valence-corrected chi connectivity index (χ4v) is 2.72. The van der Waals surface area contributed by atoms with E-state index < -0.39 is 0 Å². The number of carbonyl (C=O) groups excluding carboxylic acids is 1. The van der Waals surface area contributed by atoms with E-state index in [9.17, 15) is 9.90 Å². The van der Waals surface area contributed by atoms with Crippen molar-refractivity contribution in [1.29, 1.82) is 0 Å². The number of nitrogens with one attached hydrogen (secondary N) is 1. The summed E-state index contributed by atoms with van der Waals surface area (Å²) >= 11 is 0. The van der Waals surface area contributed by atoms with E-state index in [-0.39, 0.29) is 17.7 Å². The summed E-state index contributed by atoms with van der Waals surface area (Å²) in [5.74, 6) is 0.172. The molecule has 1 heterocycles. The number of amides is 1. The average molecular weight is 308 g/mol. The van der Waals surface area contributed by atoms with E-state index >= 15 is 0 Å². The first kappa shape index (κ1) is 15.2. The Morgan fingerprint density at radius 1 is 1.17 bits per heavy atom. The van der Waals surface area contributed by atoms with Gasteiger partial charge in [0.05, 0.1) is 5.70 Å². The van der Waals surface area contributed by atoms with Gasteiger partial charge in [-0.3, -0.25) is 10.2 Å². The number of aryl methyl sites for hydroxylation is 1. The van der Waals surface area contributed by atoms with Gasteiger partial charge in [-0.1, -0.05) is 55.0 Å². The molecule has 2 aromatic carbocycles. The van der Waals surface area contributed by atoms with Crippen molar-refractivity contribution in [3.63, 3.8) is 0 Å². The van der Waals surface area contributed by atoms with E-state index in [1.54, 1.807) is 17.1 Å². The molecule has 0 aromatic heterocycles. The average Bonchev–Trinajstić information content (AvgIpc) is 3.00. The molecule has 0 saturated carbocycles. The Labute approximate surface area is 136 Å². The third-order valence-corrected chi connectivity index (χ3v) is 4.03. The third-order valence-electron chi connectivity index (χ3n) is 4.03. The topological polar surface area (TPSA) is 52.6 Å².